The Hall–Kier alpha value is -1.34. The molecule has 0 amide bonds. The fourth-order valence-electron chi connectivity index (χ4n) is 1.94. The Labute approximate surface area is 119 Å². The van der Waals surface area contributed by atoms with Crippen molar-refractivity contribution < 1.29 is 9.31 Å². The summed E-state index contributed by atoms with van der Waals surface area (Å²) >= 11 is 0. The van der Waals surface area contributed by atoms with E-state index in [0.717, 1.165) is 0 Å². The van der Waals surface area contributed by atoms with Crippen LogP contribution in [0, 0.1) is 0 Å². The van der Waals surface area contributed by atoms with Crippen molar-refractivity contribution in [2.45, 2.75) is 38.9 Å². The Morgan fingerprint density at radius 2 is 1.70 bits per heavy atom. The highest BCUT2D eigenvalue weighted by atomic mass is 16.7. The summed E-state index contributed by atoms with van der Waals surface area (Å²) in [4.78, 5) is 18.5. The highest BCUT2D eigenvalue weighted by molar-refractivity contribution is 6.61. The van der Waals surface area contributed by atoms with Gasteiger partial charge in [-0.1, -0.05) is 0 Å². The van der Waals surface area contributed by atoms with Crippen molar-refractivity contribution in [2.75, 3.05) is 19.0 Å². The molecule has 2 heterocycles. The van der Waals surface area contributed by atoms with Crippen molar-refractivity contribution in [3.63, 3.8) is 0 Å². The maximum atomic E-state index is 12.3. The van der Waals surface area contributed by atoms with E-state index in [1.54, 1.807) is 13.2 Å². The summed E-state index contributed by atoms with van der Waals surface area (Å²) in [5, 5.41) is 0. The summed E-state index contributed by atoms with van der Waals surface area (Å²) < 4.78 is 13.3. The van der Waals surface area contributed by atoms with Gasteiger partial charge in [0.25, 0.3) is 5.56 Å². The van der Waals surface area contributed by atoms with Crippen LogP contribution in [0.15, 0.2) is 11.0 Å². The average molecular weight is 279 g/mol. The van der Waals surface area contributed by atoms with E-state index in [1.165, 1.54) is 4.57 Å². The zero-order chi connectivity index (χ0) is 15.3. The van der Waals surface area contributed by atoms with Gasteiger partial charge in [0.05, 0.1) is 11.2 Å². The Balaban J connectivity index is 2.47. The SMILES string of the molecule is CN(C)c1cn(C)c(=O)c(B2OC(C)(C)C(C)(C)O2)n1. The van der Waals surface area contributed by atoms with Gasteiger partial charge in [-0.05, 0) is 27.7 Å². The molecule has 1 aliphatic rings. The van der Waals surface area contributed by atoms with Gasteiger partial charge >= 0.3 is 7.12 Å². The Bertz CT molecular complexity index is 565. The van der Waals surface area contributed by atoms with Crippen molar-refractivity contribution >= 4 is 18.5 Å². The fourth-order valence-corrected chi connectivity index (χ4v) is 1.94. The maximum absolute atomic E-state index is 12.3. The molecule has 1 aromatic rings. The molecule has 0 radical (unpaired) electrons. The van der Waals surface area contributed by atoms with E-state index in [0.29, 0.717) is 5.82 Å². The van der Waals surface area contributed by atoms with Gasteiger partial charge in [-0.25, -0.2) is 4.98 Å². The molecule has 6 nitrogen and oxygen atoms in total. The van der Waals surface area contributed by atoms with Crippen LogP contribution < -0.4 is 16.1 Å². The first-order chi connectivity index (χ1) is 9.05. The molecule has 0 N–H and O–H groups in total. The molecule has 1 fully saturated rings. The van der Waals surface area contributed by atoms with Gasteiger partial charge in [0, 0.05) is 27.3 Å². The fraction of sp³-hybridized carbons (Fsp3) is 0.692. The molecular weight excluding hydrogens is 257 g/mol. The molecule has 110 valence electrons. The van der Waals surface area contributed by atoms with Crippen LogP contribution in [0.1, 0.15) is 27.7 Å². The van der Waals surface area contributed by atoms with Gasteiger partial charge in [0.2, 0.25) is 0 Å². The molecule has 1 saturated heterocycles. The predicted octanol–water partition coefficient (Wildman–Crippen LogP) is 0.146. The minimum atomic E-state index is -0.737. The lowest BCUT2D eigenvalue weighted by molar-refractivity contribution is 0.00578. The normalized spacial score (nSPS) is 20.2. The van der Waals surface area contributed by atoms with Crippen molar-refractivity contribution in [3.05, 3.63) is 16.6 Å². The van der Waals surface area contributed by atoms with Gasteiger partial charge in [0.15, 0.2) is 0 Å². The Kier molecular flexibility index (Phi) is 3.46. The summed E-state index contributed by atoms with van der Waals surface area (Å²) in [5.74, 6) is 0.691. The first-order valence-electron chi connectivity index (χ1n) is 6.66. The van der Waals surface area contributed by atoms with E-state index in [9.17, 15) is 4.79 Å². The van der Waals surface area contributed by atoms with E-state index in [1.807, 2.05) is 46.7 Å². The predicted molar refractivity (Wildman–Crippen MR) is 79.5 cm³/mol. The third-order valence-electron chi connectivity index (χ3n) is 4.02. The molecule has 0 atom stereocenters. The van der Waals surface area contributed by atoms with E-state index in [2.05, 4.69) is 4.98 Å². The molecule has 1 aliphatic heterocycles. The molecule has 0 saturated carbocycles. The van der Waals surface area contributed by atoms with Crippen LogP contribution in [0.5, 0.6) is 0 Å². The summed E-state index contributed by atoms with van der Waals surface area (Å²) in [5.41, 5.74) is -0.886. The largest absolute Gasteiger partial charge is 0.520 e. The van der Waals surface area contributed by atoms with Gasteiger partial charge in [-0.3, -0.25) is 4.79 Å². The molecule has 0 unspecified atom stereocenters. The van der Waals surface area contributed by atoms with E-state index in [-0.39, 0.29) is 11.2 Å². The lowest BCUT2D eigenvalue weighted by Crippen LogP contribution is -2.49. The summed E-state index contributed by atoms with van der Waals surface area (Å²) in [7, 11) is 4.71. The second-order valence-electron chi connectivity index (χ2n) is 6.38. The molecule has 0 bridgehead atoms. The lowest BCUT2D eigenvalue weighted by Gasteiger charge is -2.32. The van der Waals surface area contributed by atoms with Crippen molar-refractivity contribution in [1.82, 2.24) is 9.55 Å². The van der Waals surface area contributed by atoms with Gasteiger partial charge in [-0.2, -0.15) is 0 Å². The zero-order valence-electron chi connectivity index (χ0n) is 13.2. The van der Waals surface area contributed by atoms with Gasteiger partial charge in [-0.15, -0.1) is 0 Å². The van der Waals surface area contributed by atoms with Crippen molar-refractivity contribution in [1.29, 1.82) is 0 Å². The maximum Gasteiger partial charge on any atom is 0.520 e. The van der Waals surface area contributed by atoms with Crippen LogP contribution in [-0.2, 0) is 16.4 Å². The summed E-state index contributed by atoms with van der Waals surface area (Å²) in [6.45, 7) is 7.81. The van der Waals surface area contributed by atoms with Crippen molar-refractivity contribution in [2.24, 2.45) is 7.05 Å². The van der Waals surface area contributed by atoms with Crippen molar-refractivity contribution in [3.8, 4) is 0 Å². The number of rotatable bonds is 2. The third kappa shape index (κ3) is 2.36. The van der Waals surface area contributed by atoms with Crippen LogP contribution in [0.4, 0.5) is 5.82 Å². The molecule has 20 heavy (non-hydrogen) atoms. The monoisotopic (exact) mass is 279 g/mol. The second kappa shape index (κ2) is 4.60. The number of aryl methyl sites for hydroxylation is 1. The Morgan fingerprint density at radius 3 is 2.15 bits per heavy atom. The number of nitrogens with zero attached hydrogens (tertiary/aromatic N) is 3. The number of hydrogen-bond donors (Lipinski definition) is 0. The van der Waals surface area contributed by atoms with Gasteiger partial charge < -0.3 is 18.8 Å². The quantitative estimate of drug-likeness (QED) is 0.721. The third-order valence-corrected chi connectivity index (χ3v) is 4.02. The highest BCUT2D eigenvalue weighted by Gasteiger charge is 2.53. The molecular formula is C13H22BN3O3. The molecule has 0 aliphatic carbocycles. The number of anilines is 1. The molecule has 2 rings (SSSR count). The summed E-state index contributed by atoms with van der Waals surface area (Å²) in [6.07, 6.45) is 1.69. The number of aromatic nitrogens is 2. The van der Waals surface area contributed by atoms with Crippen LogP contribution in [0.25, 0.3) is 0 Å². The number of hydrogen-bond acceptors (Lipinski definition) is 5. The lowest BCUT2D eigenvalue weighted by atomic mass is 9.85. The minimum absolute atomic E-state index is 0.200. The van der Waals surface area contributed by atoms with E-state index >= 15 is 0 Å². The zero-order valence-corrected chi connectivity index (χ0v) is 13.2. The molecule has 1 aromatic heterocycles. The van der Waals surface area contributed by atoms with E-state index in [4.69, 9.17) is 9.31 Å². The van der Waals surface area contributed by atoms with E-state index < -0.39 is 18.3 Å². The first-order valence-corrected chi connectivity index (χ1v) is 6.66. The molecule has 0 spiro atoms. The van der Waals surface area contributed by atoms with Crippen LogP contribution in [0.3, 0.4) is 0 Å². The standard InChI is InChI=1S/C13H22BN3O3/c1-12(2)13(3,4)20-14(19-12)10-11(18)17(7)8-9(15-10)16(5)6/h8H,1-7H3. The first kappa shape index (κ1) is 15.1. The summed E-state index contributed by atoms with van der Waals surface area (Å²) in [6, 6.07) is 0. The van der Waals surface area contributed by atoms with Crippen LogP contribution in [-0.4, -0.2) is 42.0 Å². The van der Waals surface area contributed by atoms with Crippen LogP contribution >= 0.6 is 0 Å². The molecule has 0 aromatic carbocycles. The smallest absolute Gasteiger partial charge is 0.398 e. The average Bonchev–Trinajstić information content (AvgIpc) is 2.51. The minimum Gasteiger partial charge on any atom is -0.398 e. The second-order valence-corrected chi connectivity index (χ2v) is 6.38. The van der Waals surface area contributed by atoms with Gasteiger partial charge in [0.1, 0.15) is 11.4 Å². The topological polar surface area (TPSA) is 56.6 Å². The molecule has 7 heteroatoms. The Morgan fingerprint density at radius 1 is 1.20 bits per heavy atom. The van der Waals surface area contributed by atoms with Crippen LogP contribution in [0.2, 0.25) is 0 Å². The highest BCUT2D eigenvalue weighted by Crippen LogP contribution is 2.36.